The van der Waals surface area contributed by atoms with Gasteiger partial charge in [0.25, 0.3) is 0 Å². The third kappa shape index (κ3) is 2.09. The van der Waals surface area contributed by atoms with Gasteiger partial charge in [-0.15, -0.1) is 11.3 Å². The molecule has 1 fully saturated rings. The van der Waals surface area contributed by atoms with Crippen LogP contribution in [0.15, 0.2) is 11.7 Å². The predicted octanol–water partition coefficient (Wildman–Crippen LogP) is 2.06. The molecule has 3 heteroatoms. The van der Waals surface area contributed by atoms with Gasteiger partial charge in [-0.05, 0) is 37.6 Å². The van der Waals surface area contributed by atoms with Crippen LogP contribution < -0.4 is 5.73 Å². The molecule has 0 saturated heterocycles. The summed E-state index contributed by atoms with van der Waals surface area (Å²) >= 11 is 1.77. The normalized spacial score (nSPS) is 28.1. The van der Waals surface area contributed by atoms with E-state index >= 15 is 0 Å². The maximum absolute atomic E-state index is 5.74. The molecule has 0 spiro atoms. The van der Waals surface area contributed by atoms with Crippen LogP contribution in [-0.2, 0) is 6.42 Å². The van der Waals surface area contributed by atoms with Crippen molar-refractivity contribution in [1.29, 1.82) is 0 Å². The van der Waals surface area contributed by atoms with Gasteiger partial charge in [0.1, 0.15) is 0 Å². The Morgan fingerprint density at radius 2 is 2.31 bits per heavy atom. The van der Waals surface area contributed by atoms with E-state index in [1.165, 1.54) is 30.6 Å². The van der Waals surface area contributed by atoms with E-state index in [2.05, 4.69) is 4.98 Å². The topological polar surface area (TPSA) is 38.9 Å². The number of thiazole rings is 1. The summed E-state index contributed by atoms with van der Waals surface area (Å²) in [6.45, 7) is 0.865. The lowest BCUT2D eigenvalue weighted by Gasteiger charge is -2.16. The fraction of sp³-hybridized carbons (Fsp3) is 0.700. The van der Waals surface area contributed by atoms with Crippen molar-refractivity contribution in [3.8, 4) is 0 Å². The number of rotatable bonds is 3. The summed E-state index contributed by atoms with van der Waals surface area (Å²) in [7, 11) is 0. The van der Waals surface area contributed by atoms with Gasteiger partial charge >= 0.3 is 0 Å². The molecular formula is C10H16N2S. The SMILES string of the molecule is NCC1CCCC1Cc1cncs1. The lowest BCUT2D eigenvalue weighted by atomic mass is 9.93. The first-order valence-corrected chi connectivity index (χ1v) is 5.85. The van der Waals surface area contributed by atoms with Gasteiger partial charge < -0.3 is 5.73 Å². The first kappa shape index (κ1) is 9.16. The zero-order valence-electron chi connectivity index (χ0n) is 7.78. The van der Waals surface area contributed by atoms with Gasteiger partial charge in [0.2, 0.25) is 0 Å². The largest absolute Gasteiger partial charge is 0.330 e. The van der Waals surface area contributed by atoms with E-state index in [-0.39, 0.29) is 0 Å². The molecule has 2 rings (SSSR count). The van der Waals surface area contributed by atoms with Gasteiger partial charge in [-0.3, -0.25) is 4.98 Å². The van der Waals surface area contributed by atoms with Gasteiger partial charge in [-0.1, -0.05) is 6.42 Å². The lowest BCUT2D eigenvalue weighted by molar-refractivity contribution is 0.396. The standard InChI is InChI=1S/C10H16N2S/c11-5-9-3-1-2-8(9)4-10-6-12-7-13-10/h6-9H,1-5,11H2. The van der Waals surface area contributed by atoms with Crippen molar-refractivity contribution in [2.75, 3.05) is 6.54 Å². The molecule has 0 aromatic carbocycles. The Labute approximate surface area is 83.2 Å². The summed E-state index contributed by atoms with van der Waals surface area (Å²) in [4.78, 5) is 5.52. The van der Waals surface area contributed by atoms with Crippen molar-refractivity contribution in [2.45, 2.75) is 25.7 Å². The highest BCUT2D eigenvalue weighted by molar-refractivity contribution is 7.09. The summed E-state index contributed by atoms with van der Waals surface area (Å²) < 4.78 is 0. The summed E-state index contributed by atoms with van der Waals surface area (Å²) in [5, 5.41) is 0. The Hall–Kier alpha value is -0.410. The third-order valence-corrected chi connectivity index (χ3v) is 3.87. The highest BCUT2D eigenvalue weighted by Crippen LogP contribution is 2.33. The molecule has 2 unspecified atom stereocenters. The molecule has 0 bridgehead atoms. The Bertz CT molecular complexity index is 245. The maximum Gasteiger partial charge on any atom is 0.0794 e. The van der Waals surface area contributed by atoms with E-state index in [1.807, 2.05) is 11.7 Å². The molecule has 2 atom stereocenters. The molecule has 1 aromatic heterocycles. The minimum Gasteiger partial charge on any atom is -0.330 e. The van der Waals surface area contributed by atoms with Crippen LogP contribution >= 0.6 is 11.3 Å². The van der Waals surface area contributed by atoms with Gasteiger partial charge in [-0.2, -0.15) is 0 Å². The molecule has 1 aliphatic carbocycles. The van der Waals surface area contributed by atoms with Crippen LogP contribution in [0.3, 0.4) is 0 Å². The van der Waals surface area contributed by atoms with Crippen molar-refractivity contribution in [3.63, 3.8) is 0 Å². The van der Waals surface area contributed by atoms with Crippen molar-refractivity contribution >= 4 is 11.3 Å². The molecule has 1 heterocycles. The van der Waals surface area contributed by atoms with Gasteiger partial charge in [0.15, 0.2) is 0 Å². The molecule has 1 aromatic rings. The summed E-state index contributed by atoms with van der Waals surface area (Å²) in [5.74, 6) is 1.59. The van der Waals surface area contributed by atoms with Gasteiger partial charge in [0, 0.05) is 11.1 Å². The minimum absolute atomic E-state index is 0.766. The van der Waals surface area contributed by atoms with Gasteiger partial charge in [0.05, 0.1) is 5.51 Å². The average Bonchev–Trinajstić information content (AvgIpc) is 2.76. The number of nitrogens with zero attached hydrogens (tertiary/aromatic N) is 1. The molecule has 2 nitrogen and oxygen atoms in total. The van der Waals surface area contributed by atoms with E-state index < -0.39 is 0 Å². The van der Waals surface area contributed by atoms with Crippen molar-refractivity contribution in [1.82, 2.24) is 4.98 Å². The Kier molecular flexibility index (Phi) is 2.96. The molecule has 0 amide bonds. The Morgan fingerprint density at radius 1 is 1.46 bits per heavy atom. The second kappa shape index (κ2) is 4.20. The van der Waals surface area contributed by atoms with E-state index in [4.69, 9.17) is 5.73 Å². The van der Waals surface area contributed by atoms with Crippen LogP contribution in [0.25, 0.3) is 0 Å². The van der Waals surface area contributed by atoms with Crippen LogP contribution in [0.5, 0.6) is 0 Å². The molecule has 13 heavy (non-hydrogen) atoms. The second-order valence-corrected chi connectivity index (χ2v) is 4.83. The quantitative estimate of drug-likeness (QED) is 0.803. The predicted molar refractivity (Wildman–Crippen MR) is 55.7 cm³/mol. The molecule has 0 aliphatic heterocycles. The number of hydrogen-bond donors (Lipinski definition) is 1. The zero-order chi connectivity index (χ0) is 9.10. The first-order valence-electron chi connectivity index (χ1n) is 4.97. The molecule has 0 radical (unpaired) electrons. The maximum atomic E-state index is 5.74. The van der Waals surface area contributed by atoms with Crippen LogP contribution in [0, 0.1) is 11.8 Å². The van der Waals surface area contributed by atoms with E-state index in [9.17, 15) is 0 Å². The molecule has 1 saturated carbocycles. The van der Waals surface area contributed by atoms with E-state index in [1.54, 1.807) is 11.3 Å². The van der Waals surface area contributed by atoms with Crippen molar-refractivity contribution < 1.29 is 0 Å². The molecule has 2 N–H and O–H groups in total. The van der Waals surface area contributed by atoms with Crippen LogP contribution in [0.1, 0.15) is 24.1 Å². The van der Waals surface area contributed by atoms with Crippen molar-refractivity contribution in [3.05, 3.63) is 16.6 Å². The Morgan fingerprint density at radius 3 is 3.00 bits per heavy atom. The fourth-order valence-electron chi connectivity index (χ4n) is 2.29. The number of aromatic nitrogens is 1. The Balaban J connectivity index is 1.94. The minimum atomic E-state index is 0.766. The summed E-state index contributed by atoms with van der Waals surface area (Å²) in [6.07, 6.45) is 7.26. The van der Waals surface area contributed by atoms with Crippen LogP contribution in [0.2, 0.25) is 0 Å². The van der Waals surface area contributed by atoms with Crippen LogP contribution in [-0.4, -0.2) is 11.5 Å². The first-order chi connectivity index (χ1) is 6.40. The number of nitrogens with two attached hydrogens (primary N) is 1. The molecule has 1 aliphatic rings. The highest BCUT2D eigenvalue weighted by Gasteiger charge is 2.26. The van der Waals surface area contributed by atoms with E-state index in [0.717, 1.165) is 18.4 Å². The van der Waals surface area contributed by atoms with Crippen LogP contribution in [0.4, 0.5) is 0 Å². The second-order valence-electron chi connectivity index (χ2n) is 3.86. The van der Waals surface area contributed by atoms with Gasteiger partial charge in [-0.25, -0.2) is 0 Å². The fourth-order valence-corrected chi connectivity index (χ4v) is 2.98. The average molecular weight is 196 g/mol. The van der Waals surface area contributed by atoms with Crippen molar-refractivity contribution in [2.24, 2.45) is 17.6 Å². The summed E-state index contributed by atoms with van der Waals surface area (Å²) in [6, 6.07) is 0. The zero-order valence-corrected chi connectivity index (χ0v) is 8.59. The summed E-state index contributed by atoms with van der Waals surface area (Å²) in [5.41, 5.74) is 7.66. The smallest absolute Gasteiger partial charge is 0.0794 e. The molecular weight excluding hydrogens is 180 g/mol. The molecule has 72 valence electrons. The number of hydrogen-bond acceptors (Lipinski definition) is 3. The van der Waals surface area contributed by atoms with E-state index in [0.29, 0.717) is 0 Å². The third-order valence-electron chi connectivity index (χ3n) is 3.07. The highest BCUT2D eigenvalue weighted by atomic mass is 32.1. The lowest BCUT2D eigenvalue weighted by Crippen LogP contribution is -2.19. The monoisotopic (exact) mass is 196 g/mol.